The molecule has 0 amide bonds. The van der Waals surface area contributed by atoms with Gasteiger partial charge in [0.15, 0.2) is 58.2 Å². The van der Waals surface area contributed by atoms with Crippen LogP contribution in [0.3, 0.4) is 0 Å². The van der Waals surface area contributed by atoms with Gasteiger partial charge in [0.2, 0.25) is 58.2 Å². The van der Waals surface area contributed by atoms with Crippen molar-refractivity contribution in [2.75, 3.05) is 170 Å². The van der Waals surface area contributed by atoms with Crippen molar-refractivity contribution in [1.82, 2.24) is 0 Å². The number of hydrogen-bond acceptors (Lipinski definition) is 18. The van der Waals surface area contributed by atoms with Crippen molar-refractivity contribution in [1.29, 1.82) is 0 Å². The number of hydrogen-bond donors (Lipinski definition) is 0. The first-order valence-corrected chi connectivity index (χ1v) is 113. The van der Waals surface area contributed by atoms with Crippen LogP contribution in [-0.4, -0.2) is 318 Å². The molecule has 0 aromatic heterocycles. The zero-order valence-corrected chi connectivity index (χ0v) is 116. The lowest BCUT2D eigenvalue weighted by Gasteiger charge is -2.36. The first-order chi connectivity index (χ1) is 56.7. The van der Waals surface area contributed by atoms with Crippen molar-refractivity contribution in [2.24, 2.45) is 0 Å². The highest BCUT2D eigenvalue weighted by Crippen LogP contribution is 2.64. The van der Waals surface area contributed by atoms with Crippen LogP contribution in [0.15, 0.2) is 0 Å². The molecule has 128 heavy (non-hydrogen) atoms. The van der Waals surface area contributed by atoms with Gasteiger partial charge in [-0.2, -0.15) is 0 Å². The summed E-state index contributed by atoms with van der Waals surface area (Å²) in [6, 6.07) is 0. The fourth-order valence-corrected chi connectivity index (χ4v) is 144. The van der Waals surface area contributed by atoms with Crippen LogP contribution in [-0.2, 0) is 48.0 Å². The van der Waals surface area contributed by atoms with Crippen molar-refractivity contribution in [2.45, 2.75) is 375 Å². The predicted molar refractivity (Wildman–Crippen MR) is 623 cm³/mol. The Balaban J connectivity index is -0.000000154. The molecule has 0 aromatic rings. The monoisotopic (exact) mass is 2190 g/mol. The molecule has 778 valence electrons. The van der Waals surface area contributed by atoms with Crippen molar-refractivity contribution < 1.29 is 83.5 Å². The summed E-state index contributed by atoms with van der Waals surface area (Å²) in [7, 11) is -27.2. The SMILES string of the molecule is CC[P+](CC)(CC)C[Si](C)(C)O[Si](C)(C)C.CC[P+](CC)(CC)C[Si](C)(C)O[Si](C)(C)C.CC[P+](CC)(CC)C[Si](C)(C)O[Si](C)(C)C.CC[P+](CC)(CC)C[Si](C)(C)O[Si](C)(C)C.CC[P+](CC)(CC)C[Si](C)(C)O[Si](C)(C)C.CC[P+](CC)(CC)C[Si](C)(C)O[Si](C)(C)C.CC[P+](CC)(CC)C[Si](C)(C)O[Si](C)(C)C.O=C([O-])C(=O)[O-].O=C([O-])C(=O)[O-].[O-]B([O-])[O-]. The number of carboxylic acids is 4. The summed E-state index contributed by atoms with van der Waals surface area (Å²) >= 11 is 0. The molecule has 40 heteroatoms. The first kappa shape index (κ1) is 152. The zero-order valence-electron chi connectivity index (χ0n) is 95.9. The molecule has 0 saturated heterocycles. The number of carboxylic acid groups (broad SMARTS) is 4. The molecule has 18 nitrogen and oxygen atoms in total. The van der Waals surface area contributed by atoms with Crippen LogP contribution in [0, 0.1) is 0 Å². The normalized spacial score (nSPS) is 13.4. The van der Waals surface area contributed by atoms with Crippen molar-refractivity contribution in [3.8, 4) is 0 Å². The van der Waals surface area contributed by atoms with Gasteiger partial charge in [0, 0.05) is 50.8 Å². The van der Waals surface area contributed by atoms with E-state index in [4.69, 9.17) is 83.5 Å². The zero-order chi connectivity index (χ0) is 105. The highest BCUT2D eigenvalue weighted by atomic mass is 31.2. The van der Waals surface area contributed by atoms with Crippen molar-refractivity contribution >= 4 is 198 Å². The molecule has 0 radical (unpaired) electrons. The third-order valence-corrected chi connectivity index (χ3v) is 124. The Labute approximate surface area is 819 Å². The summed E-state index contributed by atoms with van der Waals surface area (Å²) in [5.74, 6) is 1.33. The summed E-state index contributed by atoms with van der Waals surface area (Å²) in [6.45, 7) is 133. The third-order valence-electron chi connectivity index (χ3n) is 23.5. The second-order valence-electron chi connectivity index (χ2n) is 46.4. The van der Waals surface area contributed by atoms with Gasteiger partial charge in [-0.25, -0.2) is 0 Å². The van der Waals surface area contributed by atoms with Gasteiger partial charge in [-0.05, 0) is 375 Å². The molecule has 0 heterocycles. The minimum Gasteiger partial charge on any atom is -0.907 e. The number of carbonyl (C=O) groups is 4. The number of aliphatic carboxylic acids is 4. The number of carbonyl (C=O) groups excluding carboxylic acids is 4. The van der Waals surface area contributed by atoms with E-state index in [1.165, 1.54) is 170 Å². The maximum atomic E-state index is 8.93. The van der Waals surface area contributed by atoms with E-state index < -0.39 is 198 Å². The van der Waals surface area contributed by atoms with Crippen LogP contribution in [0.25, 0.3) is 0 Å². The first-order valence-electron chi connectivity index (χ1n) is 49.4. The van der Waals surface area contributed by atoms with E-state index in [2.05, 4.69) is 375 Å². The Morgan fingerprint density at radius 1 is 0.172 bits per heavy atom. The van der Waals surface area contributed by atoms with Crippen LogP contribution >= 0.6 is 50.8 Å². The second-order valence-corrected chi connectivity index (χ2v) is 147. The lowest BCUT2D eigenvalue weighted by atomic mass is 10.3. The number of rotatable bonds is 49. The predicted octanol–water partition coefficient (Wildman–Crippen LogP) is 21.6. The molecule has 0 aliphatic rings. The highest BCUT2D eigenvalue weighted by Gasteiger charge is 2.50. The van der Waals surface area contributed by atoms with Crippen molar-refractivity contribution in [3.05, 3.63) is 0 Å². The van der Waals surface area contributed by atoms with Crippen molar-refractivity contribution in [3.63, 3.8) is 0 Å². The minimum absolute atomic E-state index is 0.687. The summed E-state index contributed by atoms with van der Waals surface area (Å²) in [4.78, 5) is 35.7. The molecule has 0 N–H and O–H groups in total. The summed E-state index contributed by atoms with van der Waals surface area (Å²) < 4.78 is 45.4. The average Bonchev–Trinajstić information content (AvgIpc) is 0.866. The summed E-state index contributed by atoms with van der Waals surface area (Å²) in [5.41, 5.74) is 0. The van der Waals surface area contributed by atoms with Gasteiger partial charge in [-0.1, -0.05) is 0 Å². The van der Waals surface area contributed by atoms with E-state index >= 15 is 0 Å². The van der Waals surface area contributed by atoms with Gasteiger partial charge in [-0.15, -0.1) is 0 Å². The molecular weight excluding hydrogens is 1970 g/mol. The second kappa shape index (κ2) is 68.0. The largest absolute Gasteiger partial charge is 0.907 e. The Morgan fingerprint density at radius 3 is 0.258 bits per heavy atom. The van der Waals surface area contributed by atoms with E-state index in [1.54, 1.807) is 0 Å². The molecule has 0 spiro atoms. The quantitative estimate of drug-likeness (QED) is 0.0310. The fourth-order valence-electron chi connectivity index (χ4n) is 18.7. The van der Waals surface area contributed by atoms with E-state index in [9.17, 15) is 0 Å². The Bertz CT molecular complexity index is 2300. The van der Waals surface area contributed by atoms with Crippen LogP contribution < -0.4 is 35.5 Å². The molecule has 0 fully saturated rings. The summed E-state index contributed by atoms with van der Waals surface area (Å²) in [5, 5.41) is 61.0. The molecule has 0 rings (SSSR count). The third kappa shape index (κ3) is 85.2. The van der Waals surface area contributed by atoms with Crippen LogP contribution in [0.5, 0.6) is 0 Å². The Kier molecular flexibility index (Phi) is 80.6. The van der Waals surface area contributed by atoms with Gasteiger partial charge in [-0.3, -0.25) is 7.32 Å². The lowest BCUT2D eigenvalue weighted by Crippen LogP contribution is -2.56. The standard InChI is InChI=1S/7C12H32OPSi2.2C2H2O4.BO3/c7*1-9-14(10-2,11-3)12-16(7,8)13-15(4,5)6;2*3-1(4)2(5)6;2-1(3)4/h7*9-12H2,1-8H3;2*(H,3,4)(H,5,6);/q7*+1;;;-3/p-4. The lowest BCUT2D eigenvalue weighted by molar-refractivity contribution is -0.479. The molecular formula is C88H224BO18P7Si14. The molecule has 0 unspecified atom stereocenters. The highest BCUT2D eigenvalue weighted by molar-refractivity contribution is 7.80. The van der Waals surface area contributed by atoms with Gasteiger partial charge < -0.3 is 83.5 Å². The molecule has 0 bridgehead atoms. The topological polar surface area (TPSA) is 294 Å². The molecule has 0 aliphatic heterocycles. The van der Waals surface area contributed by atoms with Gasteiger partial charge in [0.05, 0.1) is 194 Å². The molecule has 0 aromatic carbocycles. The van der Waals surface area contributed by atoms with Gasteiger partial charge in [0.1, 0.15) is 0 Å². The van der Waals surface area contributed by atoms with E-state index in [1.807, 2.05) is 0 Å². The van der Waals surface area contributed by atoms with E-state index in [0.717, 1.165) is 0 Å². The molecule has 0 atom stereocenters. The van der Waals surface area contributed by atoms with Gasteiger partial charge >= 0.3 is 0 Å². The summed E-state index contributed by atoms with van der Waals surface area (Å²) in [6.07, 6.45) is 29.6. The van der Waals surface area contributed by atoms with E-state index in [0.29, 0.717) is 0 Å². The van der Waals surface area contributed by atoms with Gasteiger partial charge in [0.25, 0.3) is 0 Å². The Morgan fingerprint density at radius 2 is 0.227 bits per heavy atom. The average molecular weight is 2190 g/mol. The van der Waals surface area contributed by atoms with Crippen LogP contribution in [0.4, 0.5) is 0 Å². The fraction of sp³-hybridized carbons (Fsp3) is 0.955. The van der Waals surface area contributed by atoms with Crippen LogP contribution in [0.2, 0.25) is 229 Å². The Hall–Kier alpha value is 3.59. The maximum Gasteiger partial charge on any atom is 0.212 e. The smallest absolute Gasteiger partial charge is 0.212 e. The minimum atomic E-state index is -2.92. The molecule has 0 aliphatic carbocycles. The van der Waals surface area contributed by atoms with Crippen LogP contribution in [0.1, 0.15) is 145 Å². The maximum absolute atomic E-state index is 8.93. The van der Waals surface area contributed by atoms with E-state index in [-0.39, 0.29) is 0 Å². The molecule has 0 saturated carbocycles.